The van der Waals surface area contributed by atoms with Gasteiger partial charge in [-0.1, -0.05) is 24.6 Å². The number of hydrogen-bond donors (Lipinski definition) is 4. The van der Waals surface area contributed by atoms with E-state index in [1.54, 1.807) is 0 Å². The van der Waals surface area contributed by atoms with Crippen molar-refractivity contribution in [1.82, 2.24) is 4.90 Å². The molecule has 10 heteroatoms. The van der Waals surface area contributed by atoms with Crippen molar-refractivity contribution >= 4 is 23.4 Å². The van der Waals surface area contributed by atoms with Gasteiger partial charge in [-0.05, 0) is 87.0 Å². The van der Waals surface area contributed by atoms with Gasteiger partial charge in [0.1, 0.15) is 18.2 Å². The summed E-state index contributed by atoms with van der Waals surface area (Å²) in [7, 11) is 0. The normalized spacial score (nSPS) is 43.2. The maximum absolute atomic E-state index is 12.6. The summed E-state index contributed by atoms with van der Waals surface area (Å²) in [5, 5.41) is 45.9. The Morgan fingerprint density at radius 2 is 1.92 bits per heavy atom. The van der Waals surface area contributed by atoms with Gasteiger partial charge in [-0.3, -0.25) is 9.59 Å². The number of aliphatic carboxylic acids is 1. The maximum atomic E-state index is 12.6. The smallest absolute Gasteiger partial charge is 0.326 e. The molecule has 4 fully saturated rings. The average Bonchev–Trinajstić information content (AvgIpc) is 3.47. The highest BCUT2D eigenvalue weighted by molar-refractivity contribution is 5.96. The van der Waals surface area contributed by atoms with Crippen LogP contribution in [-0.2, 0) is 19.2 Å². The number of aliphatic hydroxyl groups excluding tert-OH is 2. The van der Waals surface area contributed by atoms with E-state index < -0.39 is 41.5 Å². The van der Waals surface area contributed by atoms with Crippen molar-refractivity contribution in [2.24, 2.45) is 33.7 Å². The van der Waals surface area contributed by atoms with Crippen LogP contribution in [0.2, 0.25) is 0 Å². The second kappa shape index (κ2) is 9.71. The lowest BCUT2D eigenvalue weighted by Gasteiger charge is -2.60. The third kappa shape index (κ3) is 4.02. The minimum atomic E-state index is -1.60. The number of Topliss-reactive ketones (excluding diaryl/α,β-unsaturated/α-hetero) is 1. The molecule has 10 nitrogen and oxygen atoms in total. The quantitative estimate of drug-likeness (QED) is 0.376. The predicted molar refractivity (Wildman–Crippen MR) is 136 cm³/mol. The fourth-order valence-corrected chi connectivity index (χ4v) is 8.94. The fourth-order valence-electron chi connectivity index (χ4n) is 8.94. The molecular weight excluding hydrogens is 492 g/mol. The number of hydrogen-bond acceptors (Lipinski definition) is 8. The van der Waals surface area contributed by atoms with Crippen molar-refractivity contribution in [2.45, 2.75) is 89.4 Å². The molecule has 4 N–H and O–H groups in total. The number of rotatable bonds is 6. The molecule has 0 aromatic heterocycles. The molecule has 38 heavy (non-hydrogen) atoms. The van der Waals surface area contributed by atoms with E-state index in [0.29, 0.717) is 45.1 Å². The van der Waals surface area contributed by atoms with Crippen LogP contribution in [0, 0.1) is 28.6 Å². The Bertz CT molecular complexity index is 1070. The Balaban J connectivity index is 1.29. The Labute approximate surface area is 222 Å². The number of allylic oxidation sites excluding steroid dienone is 2. The minimum absolute atomic E-state index is 0.000631. The van der Waals surface area contributed by atoms with Gasteiger partial charge in [-0.15, -0.1) is 0 Å². The van der Waals surface area contributed by atoms with Crippen LogP contribution in [0.3, 0.4) is 0 Å². The largest absolute Gasteiger partial charge is 0.480 e. The third-order valence-corrected chi connectivity index (χ3v) is 10.9. The van der Waals surface area contributed by atoms with Crippen LogP contribution in [0.5, 0.6) is 0 Å². The number of carboxylic acids is 1. The first-order valence-corrected chi connectivity index (χ1v) is 13.9. The zero-order chi connectivity index (χ0) is 27.5. The molecule has 4 aliphatic carbocycles. The molecule has 1 aliphatic heterocycles. The maximum Gasteiger partial charge on any atom is 0.326 e. The minimum Gasteiger partial charge on any atom is -0.480 e. The zero-order valence-corrected chi connectivity index (χ0v) is 22.3. The number of oxime groups is 1. The topological polar surface area (TPSA) is 157 Å². The first-order valence-electron chi connectivity index (χ1n) is 13.9. The van der Waals surface area contributed by atoms with E-state index in [-0.39, 0.29) is 35.7 Å². The molecule has 1 amide bonds. The lowest BCUT2D eigenvalue weighted by atomic mass is 9.45. The summed E-state index contributed by atoms with van der Waals surface area (Å²) >= 11 is 0. The monoisotopic (exact) mass is 532 g/mol. The Morgan fingerprint density at radius 1 is 1.16 bits per heavy atom. The number of aliphatic hydroxyl groups is 3. The molecular formula is C28H40N2O8. The van der Waals surface area contributed by atoms with Crippen LogP contribution in [0.15, 0.2) is 16.8 Å². The molecule has 0 aromatic rings. The van der Waals surface area contributed by atoms with Gasteiger partial charge in [0, 0.05) is 12.0 Å². The number of nitrogens with zero attached hydrogens (tertiary/aromatic N) is 2. The molecule has 0 spiro atoms. The molecule has 0 radical (unpaired) electrons. The Morgan fingerprint density at radius 3 is 2.63 bits per heavy atom. The predicted octanol–water partition coefficient (Wildman–Crippen LogP) is 1.66. The molecule has 0 unspecified atom stereocenters. The van der Waals surface area contributed by atoms with Crippen LogP contribution < -0.4 is 0 Å². The molecule has 3 saturated carbocycles. The van der Waals surface area contributed by atoms with Crippen molar-refractivity contribution in [3.8, 4) is 0 Å². The highest BCUT2D eigenvalue weighted by Crippen LogP contribution is 2.67. The number of amides is 1. The molecule has 1 saturated heterocycles. The standard InChI is InChI=1S/C28H40N2O8/c1-26-9-7-17(29-38-15-23(34)30-11-3-4-20(30)25(35)36)12-16(26)5-6-18-19-8-10-28(37,22(33)14-31)27(19,2)13-21(32)24(18)26/h12,18-21,24,31-32,37H,3-11,13-15H2,1-2H3,(H,35,36)/b29-17-/t18-,19+,20-,21+,24+,26-,27-,28-/m0/s1. The van der Waals surface area contributed by atoms with Gasteiger partial charge in [0.2, 0.25) is 0 Å². The first kappa shape index (κ1) is 27.3. The molecule has 5 rings (SSSR count). The van der Waals surface area contributed by atoms with Crippen LogP contribution in [0.25, 0.3) is 0 Å². The summed E-state index contributed by atoms with van der Waals surface area (Å²) in [5.74, 6) is -1.66. The van der Waals surface area contributed by atoms with Crippen LogP contribution in [0.4, 0.5) is 0 Å². The lowest BCUT2D eigenvalue weighted by Crippen LogP contribution is -2.62. The van der Waals surface area contributed by atoms with Crippen LogP contribution in [0.1, 0.15) is 71.6 Å². The van der Waals surface area contributed by atoms with Crippen molar-refractivity contribution in [1.29, 1.82) is 0 Å². The van der Waals surface area contributed by atoms with Crippen LogP contribution >= 0.6 is 0 Å². The lowest BCUT2D eigenvalue weighted by molar-refractivity contribution is -0.181. The summed E-state index contributed by atoms with van der Waals surface area (Å²) in [5.41, 5.74) is -0.673. The molecule has 210 valence electrons. The van der Waals surface area contributed by atoms with Gasteiger partial charge >= 0.3 is 5.97 Å². The zero-order valence-electron chi connectivity index (χ0n) is 22.3. The van der Waals surface area contributed by atoms with E-state index in [9.17, 15) is 34.8 Å². The first-order chi connectivity index (χ1) is 18.0. The van der Waals surface area contributed by atoms with Crippen molar-refractivity contribution in [3.63, 3.8) is 0 Å². The van der Waals surface area contributed by atoms with Gasteiger partial charge in [0.25, 0.3) is 5.91 Å². The van der Waals surface area contributed by atoms with E-state index in [4.69, 9.17) is 4.84 Å². The molecule has 8 atom stereocenters. The number of ketones is 1. The van der Waals surface area contributed by atoms with E-state index in [0.717, 1.165) is 25.0 Å². The molecule has 1 heterocycles. The number of carbonyl (C=O) groups is 3. The van der Waals surface area contributed by atoms with Crippen molar-refractivity contribution in [2.75, 3.05) is 19.8 Å². The summed E-state index contributed by atoms with van der Waals surface area (Å²) in [6, 6.07) is -0.798. The van der Waals surface area contributed by atoms with E-state index >= 15 is 0 Å². The number of fused-ring (bicyclic) bond motifs is 5. The van der Waals surface area contributed by atoms with Crippen molar-refractivity contribution < 1.29 is 39.6 Å². The molecule has 5 aliphatic rings. The number of likely N-dealkylation sites (tertiary alicyclic amines) is 1. The van der Waals surface area contributed by atoms with E-state index in [1.165, 1.54) is 10.5 Å². The van der Waals surface area contributed by atoms with E-state index in [2.05, 4.69) is 12.1 Å². The van der Waals surface area contributed by atoms with Crippen molar-refractivity contribution in [3.05, 3.63) is 11.6 Å². The second-order valence-electron chi connectivity index (χ2n) is 12.5. The summed E-state index contributed by atoms with van der Waals surface area (Å²) in [6.07, 6.45) is 6.85. The average molecular weight is 533 g/mol. The highest BCUT2D eigenvalue weighted by Gasteiger charge is 2.68. The summed E-state index contributed by atoms with van der Waals surface area (Å²) in [6.45, 7) is 3.53. The summed E-state index contributed by atoms with van der Waals surface area (Å²) < 4.78 is 0. The van der Waals surface area contributed by atoms with Gasteiger partial charge in [-0.2, -0.15) is 0 Å². The second-order valence-corrected chi connectivity index (χ2v) is 12.5. The Hall–Kier alpha value is -2.30. The molecule has 0 bridgehead atoms. The SMILES string of the molecule is C[C@]12CC/C(=N/OCC(=O)N3CCC[C@H]3C(=O)O)C=C1CC[C@@H]1[C@@H]2[C@H](O)C[C@@]2(C)[C@@H]1CC[C@]2(O)C(=O)CO. The number of carboxylic acid groups (broad SMARTS) is 1. The van der Waals surface area contributed by atoms with E-state index in [1.807, 2.05) is 13.0 Å². The van der Waals surface area contributed by atoms with Gasteiger partial charge < -0.3 is 30.2 Å². The summed E-state index contributed by atoms with van der Waals surface area (Å²) in [4.78, 5) is 43.1. The number of carbonyl (C=O) groups excluding carboxylic acids is 2. The third-order valence-electron chi connectivity index (χ3n) is 10.9. The van der Waals surface area contributed by atoms with Gasteiger partial charge in [0.05, 0.1) is 11.8 Å². The fraction of sp³-hybridized carbons (Fsp3) is 0.786. The van der Waals surface area contributed by atoms with Crippen LogP contribution in [-0.4, -0.2) is 86.2 Å². The van der Waals surface area contributed by atoms with Gasteiger partial charge in [-0.25, -0.2) is 4.79 Å². The molecule has 0 aromatic carbocycles. The Kier molecular flexibility index (Phi) is 6.97. The highest BCUT2D eigenvalue weighted by atomic mass is 16.6. The van der Waals surface area contributed by atoms with Gasteiger partial charge in [0.15, 0.2) is 12.4 Å².